The van der Waals surface area contributed by atoms with Crippen molar-refractivity contribution in [3.8, 4) is 0 Å². The number of rotatable bonds is 5. The van der Waals surface area contributed by atoms with Gasteiger partial charge in [-0.05, 0) is 38.5 Å². The van der Waals surface area contributed by atoms with Crippen LogP contribution in [0, 0.1) is 5.82 Å². The van der Waals surface area contributed by atoms with E-state index in [-0.39, 0.29) is 18.7 Å². The normalized spacial score (nSPS) is 12.7. The zero-order chi connectivity index (χ0) is 14.0. The quantitative estimate of drug-likeness (QED) is 0.695. The summed E-state index contributed by atoms with van der Waals surface area (Å²) in [5.74, 6) is -0.901. The lowest BCUT2D eigenvalue weighted by molar-refractivity contribution is 0.245. The molecule has 0 aliphatic carbocycles. The molecular weight excluding hydrogens is 259 g/mol. The van der Waals surface area contributed by atoms with E-state index in [0.29, 0.717) is 0 Å². The SMILES string of the molecule is CC(C)(CCO)NS(=O)(=O)c1ccc(N)cc1F. The van der Waals surface area contributed by atoms with Gasteiger partial charge in [0.25, 0.3) is 0 Å². The number of aliphatic hydroxyl groups excluding tert-OH is 1. The van der Waals surface area contributed by atoms with Gasteiger partial charge in [-0.1, -0.05) is 0 Å². The van der Waals surface area contributed by atoms with Crippen LogP contribution >= 0.6 is 0 Å². The Bertz CT molecular complexity index is 529. The van der Waals surface area contributed by atoms with E-state index in [0.717, 1.165) is 12.1 Å². The fourth-order valence-corrected chi connectivity index (χ4v) is 2.99. The Morgan fingerprint density at radius 3 is 2.56 bits per heavy atom. The van der Waals surface area contributed by atoms with Crippen LogP contribution in [0.4, 0.5) is 10.1 Å². The third kappa shape index (κ3) is 3.66. The molecule has 0 unspecified atom stereocenters. The first kappa shape index (κ1) is 14.9. The monoisotopic (exact) mass is 276 g/mol. The summed E-state index contributed by atoms with van der Waals surface area (Å²) >= 11 is 0. The molecular formula is C11H17FN2O3S. The number of anilines is 1. The molecule has 0 bridgehead atoms. The van der Waals surface area contributed by atoms with E-state index in [1.165, 1.54) is 6.07 Å². The minimum Gasteiger partial charge on any atom is -0.399 e. The maximum atomic E-state index is 13.6. The van der Waals surface area contributed by atoms with Crippen LogP contribution in [0.25, 0.3) is 0 Å². The number of nitrogen functional groups attached to an aromatic ring is 1. The van der Waals surface area contributed by atoms with Crippen LogP contribution in [-0.2, 0) is 10.0 Å². The maximum absolute atomic E-state index is 13.6. The summed E-state index contributed by atoms with van der Waals surface area (Å²) in [6, 6.07) is 3.38. The number of benzene rings is 1. The summed E-state index contributed by atoms with van der Waals surface area (Å²) in [6.07, 6.45) is 0.225. The average molecular weight is 276 g/mol. The number of hydrogen-bond acceptors (Lipinski definition) is 4. The Morgan fingerprint density at radius 1 is 1.44 bits per heavy atom. The van der Waals surface area contributed by atoms with Crippen LogP contribution in [0.3, 0.4) is 0 Å². The molecule has 18 heavy (non-hydrogen) atoms. The molecule has 1 aromatic carbocycles. The van der Waals surface area contributed by atoms with E-state index in [1.807, 2.05) is 0 Å². The second-order valence-electron chi connectivity index (χ2n) is 4.65. The van der Waals surface area contributed by atoms with Crippen LogP contribution in [0.2, 0.25) is 0 Å². The van der Waals surface area contributed by atoms with Crippen LogP contribution < -0.4 is 10.5 Å². The number of nitrogens with one attached hydrogen (secondary N) is 1. The standard InChI is InChI=1S/C11H17FN2O3S/c1-11(2,5-6-15)14-18(16,17)10-4-3-8(13)7-9(10)12/h3-4,7,14-15H,5-6,13H2,1-2H3. The number of aliphatic hydroxyl groups is 1. The molecule has 1 rings (SSSR count). The van der Waals surface area contributed by atoms with Crippen molar-refractivity contribution in [1.82, 2.24) is 4.72 Å². The molecule has 0 aliphatic heterocycles. The Balaban J connectivity index is 3.07. The molecule has 1 aromatic rings. The zero-order valence-electron chi connectivity index (χ0n) is 10.3. The Hall–Kier alpha value is -1.18. The van der Waals surface area contributed by atoms with Crippen molar-refractivity contribution in [2.24, 2.45) is 0 Å². The van der Waals surface area contributed by atoms with Crippen LogP contribution in [0.1, 0.15) is 20.3 Å². The Kier molecular flexibility index (Phi) is 4.31. The van der Waals surface area contributed by atoms with Gasteiger partial charge < -0.3 is 10.8 Å². The van der Waals surface area contributed by atoms with Crippen LogP contribution in [0.5, 0.6) is 0 Å². The number of halogens is 1. The van der Waals surface area contributed by atoms with Gasteiger partial charge in [0, 0.05) is 17.8 Å². The van der Waals surface area contributed by atoms with Crippen molar-refractivity contribution in [2.75, 3.05) is 12.3 Å². The zero-order valence-corrected chi connectivity index (χ0v) is 11.1. The summed E-state index contributed by atoms with van der Waals surface area (Å²) in [5.41, 5.74) is 4.65. The largest absolute Gasteiger partial charge is 0.399 e. The second-order valence-corrected chi connectivity index (χ2v) is 6.30. The highest BCUT2D eigenvalue weighted by molar-refractivity contribution is 7.89. The van der Waals surface area contributed by atoms with E-state index in [9.17, 15) is 12.8 Å². The van der Waals surface area contributed by atoms with Gasteiger partial charge in [-0.15, -0.1) is 0 Å². The molecule has 0 radical (unpaired) electrons. The fraction of sp³-hybridized carbons (Fsp3) is 0.455. The van der Waals surface area contributed by atoms with E-state index in [1.54, 1.807) is 13.8 Å². The van der Waals surface area contributed by atoms with Gasteiger partial charge in [0.05, 0.1) is 0 Å². The molecule has 0 spiro atoms. The third-order valence-electron chi connectivity index (χ3n) is 2.39. The summed E-state index contributed by atoms with van der Waals surface area (Å²) in [7, 11) is -3.98. The van der Waals surface area contributed by atoms with Gasteiger partial charge in [-0.25, -0.2) is 17.5 Å². The summed E-state index contributed by atoms with van der Waals surface area (Å²) in [4.78, 5) is -0.456. The summed E-state index contributed by atoms with van der Waals surface area (Å²) in [6.45, 7) is 3.05. The number of sulfonamides is 1. The lowest BCUT2D eigenvalue weighted by Gasteiger charge is -2.25. The first-order valence-corrected chi connectivity index (χ1v) is 6.86. The van der Waals surface area contributed by atoms with E-state index in [2.05, 4.69) is 4.72 Å². The van der Waals surface area contributed by atoms with Crippen molar-refractivity contribution >= 4 is 15.7 Å². The van der Waals surface area contributed by atoms with Gasteiger partial charge in [-0.2, -0.15) is 0 Å². The predicted molar refractivity (Wildman–Crippen MR) is 66.9 cm³/mol. The van der Waals surface area contributed by atoms with Crippen molar-refractivity contribution in [3.05, 3.63) is 24.0 Å². The molecule has 7 heteroatoms. The van der Waals surface area contributed by atoms with Crippen LogP contribution in [-0.4, -0.2) is 25.7 Å². The minimum atomic E-state index is -3.98. The molecule has 0 aromatic heterocycles. The molecule has 0 saturated heterocycles. The molecule has 0 saturated carbocycles. The van der Waals surface area contributed by atoms with Crippen molar-refractivity contribution < 1.29 is 17.9 Å². The lowest BCUT2D eigenvalue weighted by atomic mass is 10.0. The number of nitrogens with two attached hydrogens (primary N) is 1. The van der Waals surface area contributed by atoms with Gasteiger partial charge in [0.15, 0.2) is 0 Å². The van der Waals surface area contributed by atoms with Gasteiger partial charge in [-0.3, -0.25) is 0 Å². The summed E-state index contributed by atoms with van der Waals surface area (Å²) < 4.78 is 39.9. The molecule has 0 heterocycles. The van der Waals surface area contributed by atoms with Crippen molar-refractivity contribution in [1.29, 1.82) is 0 Å². The summed E-state index contributed by atoms with van der Waals surface area (Å²) in [5, 5.41) is 8.83. The molecule has 0 aliphatic rings. The first-order chi connectivity index (χ1) is 8.18. The molecule has 4 N–H and O–H groups in total. The van der Waals surface area contributed by atoms with Crippen molar-refractivity contribution in [2.45, 2.75) is 30.7 Å². The Labute approximate surface area is 106 Å². The molecule has 102 valence electrons. The lowest BCUT2D eigenvalue weighted by Crippen LogP contribution is -2.44. The highest BCUT2D eigenvalue weighted by Gasteiger charge is 2.27. The predicted octanol–water partition coefficient (Wildman–Crippen LogP) is 0.847. The van der Waals surface area contributed by atoms with Gasteiger partial charge in [0.1, 0.15) is 10.7 Å². The smallest absolute Gasteiger partial charge is 0.243 e. The number of hydrogen-bond donors (Lipinski definition) is 3. The van der Waals surface area contributed by atoms with Gasteiger partial charge in [0.2, 0.25) is 10.0 Å². The van der Waals surface area contributed by atoms with Crippen LogP contribution in [0.15, 0.2) is 23.1 Å². The minimum absolute atomic E-state index is 0.154. The first-order valence-electron chi connectivity index (χ1n) is 5.38. The molecule has 0 fully saturated rings. The van der Waals surface area contributed by atoms with E-state index in [4.69, 9.17) is 10.8 Å². The molecule has 0 atom stereocenters. The topological polar surface area (TPSA) is 92.4 Å². The van der Waals surface area contributed by atoms with Gasteiger partial charge >= 0.3 is 0 Å². The van der Waals surface area contributed by atoms with Crippen molar-refractivity contribution in [3.63, 3.8) is 0 Å². The highest BCUT2D eigenvalue weighted by Crippen LogP contribution is 2.20. The third-order valence-corrected chi connectivity index (χ3v) is 4.12. The molecule has 0 amide bonds. The molecule has 5 nitrogen and oxygen atoms in total. The highest BCUT2D eigenvalue weighted by atomic mass is 32.2. The van der Waals surface area contributed by atoms with E-state index < -0.39 is 26.3 Å². The fourth-order valence-electron chi connectivity index (χ4n) is 1.48. The average Bonchev–Trinajstić information content (AvgIpc) is 2.14. The van der Waals surface area contributed by atoms with E-state index >= 15 is 0 Å². The second kappa shape index (κ2) is 5.21. The maximum Gasteiger partial charge on any atom is 0.243 e. The Morgan fingerprint density at radius 2 is 2.06 bits per heavy atom.